The number of aliphatic hydroxyl groups is 1. The van der Waals surface area contributed by atoms with Gasteiger partial charge in [0.05, 0.1) is 22.5 Å². The number of nitrogens with zero attached hydrogens (tertiary/aromatic N) is 2. The monoisotopic (exact) mass is 352 g/mol. The van der Waals surface area contributed by atoms with Crippen molar-refractivity contribution in [1.29, 1.82) is 0 Å². The molecule has 1 amide bonds. The lowest BCUT2D eigenvalue weighted by Crippen LogP contribution is -2.21. The molecule has 0 unspecified atom stereocenters. The summed E-state index contributed by atoms with van der Waals surface area (Å²) in [5.41, 5.74) is 1.85. The molecule has 0 atom stereocenters. The van der Waals surface area contributed by atoms with E-state index in [0.29, 0.717) is 22.8 Å². The molecule has 1 aromatic heterocycles. The number of hydrogen-bond acceptors (Lipinski definition) is 5. The first-order chi connectivity index (χ1) is 12.6. The van der Waals surface area contributed by atoms with Crippen molar-refractivity contribution in [1.82, 2.24) is 0 Å². The van der Waals surface area contributed by atoms with Crippen molar-refractivity contribution in [2.75, 3.05) is 5.01 Å². The molecule has 0 saturated heterocycles. The Labute approximate surface area is 148 Å². The molecule has 2 aliphatic rings. The number of hydrazone groups is 1. The van der Waals surface area contributed by atoms with Crippen molar-refractivity contribution in [3.05, 3.63) is 59.1 Å². The molecule has 0 spiro atoms. The molecule has 2 heterocycles. The summed E-state index contributed by atoms with van der Waals surface area (Å²) < 4.78 is 5.46. The Kier molecular flexibility index (Phi) is 3.93. The smallest absolute Gasteiger partial charge is 0.335 e. The molecular weight excluding hydrogens is 336 g/mol. The van der Waals surface area contributed by atoms with E-state index in [-0.39, 0.29) is 24.0 Å². The fourth-order valence-corrected chi connectivity index (χ4v) is 2.84. The Morgan fingerprint density at radius 1 is 1.23 bits per heavy atom. The number of benzene rings is 1. The Morgan fingerprint density at radius 2 is 1.96 bits per heavy atom. The summed E-state index contributed by atoms with van der Waals surface area (Å²) in [5, 5.41) is 23.9. The standard InChI is InChI=1S/C19H16N2O5/c22-10-15-8-7-14(26-15)9-16-17(11-1-2-11)20-21(18(16)23)13-5-3-12(4-6-13)19(24)25/h3-9,11,22H,1-2,10H2,(H,24,25)/b16-9-. The van der Waals surface area contributed by atoms with Crippen molar-refractivity contribution in [2.24, 2.45) is 11.0 Å². The van der Waals surface area contributed by atoms with Crippen LogP contribution in [0.4, 0.5) is 5.69 Å². The van der Waals surface area contributed by atoms with Crippen molar-refractivity contribution in [3.8, 4) is 0 Å². The molecule has 0 radical (unpaired) electrons. The molecule has 2 aromatic rings. The zero-order chi connectivity index (χ0) is 18.3. The average molecular weight is 352 g/mol. The maximum Gasteiger partial charge on any atom is 0.335 e. The number of amides is 1. The van der Waals surface area contributed by atoms with Gasteiger partial charge < -0.3 is 14.6 Å². The summed E-state index contributed by atoms with van der Waals surface area (Å²) in [5.74, 6) is -0.149. The third-order valence-electron chi connectivity index (χ3n) is 4.35. The van der Waals surface area contributed by atoms with Gasteiger partial charge in [-0.3, -0.25) is 4.79 Å². The highest BCUT2D eigenvalue weighted by Gasteiger charge is 2.40. The number of carboxylic acid groups (broad SMARTS) is 1. The van der Waals surface area contributed by atoms with Crippen LogP contribution in [0.2, 0.25) is 0 Å². The Hall–Kier alpha value is -3.19. The van der Waals surface area contributed by atoms with Crippen LogP contribution in [0.5, 0.6) is 0 Å². The molecule has 26 heavy (non-hydrogen) atoms. The van der Waals surface area contributed by atoms with E-state index in [1.807, 2.05) is 0 Å². The molecular formula is C19H16N2O5. The Balaban J connectivity index is 1.67. The first-order valence-electron chi connectivity index (χ1n) is 8.25. The zero-order valence-electron chi connectivity index (χ0n) is 13.8. The fraction of sp³-hybridized carbons (Fsp3) is 0.211. The molecule has 7 nitrogen and oxygen atoms in total. The highest BCUT2D eigenvalue weighted by atomic mass is 16.4. The van der Waals surface area contributed by atoms with Gasteiger partial charge in [-0.2, -0.15) is 10.1 Å². The SMILES string of the molecule is O=C(O)c1ccc(N2N=C(C3CC3)/C(=C/c3ccc(CO)o3)C2=O)cc1. The number of hydrogen-bond donors (Lipinski definition) is 2. The van der Waals surface area contributed by atoms with Crippen LogP contribution in [-0.2, 0) is 11.4 Å². The van der Waals surface area contributed by atoms with Crippen molar-refractivity contribution >= 4 is 29.4 Å². The quantitative estimate of drug-likeness (QED) is 0.805. The summed E-state index contributed by atoms with van der Waals surface area (Å²) >= 11 is 0. The molecule has 1 aromatic carbocycles. The summed E-state index contributed by atoms with van der Waals surface area (Å²) in [6.45, 7) is -0.206. The predicted octanol–water partition coefficient (Wildman–Crippen LogP) is 2.67. The number of furan rings is 1. The minimum Gasteiger partial charge on any atom is -0.478 e. The third kappa shape index (κ3) is 2.93. The molecule has 1 saturated carbocycles. The van der Waals surface area contributed by atoms with E-state index in [1.165, 1.54) is 17.1 Å². The van der Waals surface area contributed by atoms with E-state index >= 15 is 0 Å². The van der Waals surface area contributed by atoms with Gasteiger partial charge in [0.25, 0.3) is 5.91 Å². The largest absolute Gasteiger partial charge is 0.478 e. The molecule has 1 fully saturated rings. The fourth-order valence-electron chi connectivity index (χ4n) is 2.84. The van der Waals surface area contributed by atoms with E-state index in [2.05, 4.69) is 5.10 Å². The second-order valence-corrected chi connectivity index (χ2v) is 6.25. The second kappa shape index (κ2) is 6.27. The van der Waals surface area contributed by atoms with Gasteiger partial charge in [0.2, 0.25) is 0 Å². The topological polar surface area (TPSA) is 103 Å². The summed E-state index contributed by atoms with van der Waals surface area (Å²) in [7, 11) is 0. The first kappa shape index (κ1) is 16.3. The van der Waals surface area contributed by atoms with Gasteiger partial charge in [-0.1, -0.05) is 0 Å². The molecule has 2 N–H and O–H groups in total. The maximum atomic E-state index is 12.9. The molecule has 7 heteroatoms. The van der Waals surface area contributed by atoms with E-state index < -0.39 is 5.97 Å². The summed E-state index contributed by atoms with van der Waals surface area (Å²) in [4.78, 5) is 23.9. The van der Waals surface area contributed by atoms with Crippen molar-refractivity contribution < 1.29 is 24.2 Å². The average Bonchev–Trinajstić information content (AvgIpc) is 3.30. The summed E-state index contributed by atoms with van der Waals surface area (Å²) in [6.07, 6.45) is 3.61. The van der Waals surface area contributed by atoms with E-state index in [9.17, 15) is 9.59 Å². The highest BCUT2D eigenvalue weighted by molar-refractivity contribution is 6.33. The Morgan fingerprint density at radius 3 is 2.54 bits per heavy atom. The van der Waals surface area contributed by atoms with Crippen LogP contribution in [0.1, 0.15) is 34.7 Å². The Bertz CT molecular complexity index is 935. The minimum absolute atomic E-state index is 0.148. The second-order valence-electron chi connectivity index (χ2n) is 6.25. The number of carbonyl (C=O) groups is 2. The van der Waals surface area contributed by atoms with Crippen molar-refractivity contribution in [2.45, 2.75) is 19.4 Å². The van der Waals surface area contributed by atoms with E-state index in [1.54, 1.807) is 30.3 Å². The van der Waals surface area contributed by atoms with Gasteiger partial charge in [-0.25, -0.2) is 4.79 Å². The molecule has 132 valence electrons. The molecule has 4 rings (SSSR count). The van der Waals surface area contributed by atoms with Crippen molar-refractivity contribution in [3.63, 3.8) is 0 Å². The van der Waals surface area contributed by atoms with Crippen LogP contribution in [0.25, 0.3) is 6.08 Å². The number of anilines is 1. The van der Waals surface area contributed by atoms with Crippen LogP contribution < -0.4 is 5.01 Å². The molecule has 1 aliphatic carbocycles. The minimum atomic E-state index is -1.02. The van der Waals surface area contributed by atoms with Gasteiger partial charge in [-0.15, -0.1) is 0 Å². The number of carbonyl (C=O) groups excluding carboxylic acids is 1. The third-order valence-corrected chi connectivity index (χ3v) is 4.35. The van der Waals surface area contributed by atoms with Gasteiger partial charge in [0.1, 0.15) is 18.1 Å². The zero-order valence-corrected chi connectivity index (χ0v) is 13.8. The molecule has 0 bridgehead atoms. The highest BCUT2D eigenvalue weighted by Crippen LogP contribution is 2.38. The van der Waals surface area contributed by atoms with Gasteiger partial charge in [0, 0.05) is 5.92 Å². The van der Waals surface area contributed by atoms with E-state index in [4.69, 9.17) is 14.6 Å². The van der Waals surface area contributed by atoms with Gasteiger partial charge in [-0.05, 0) is 55.3 Å². The van der Waals surface area contributed by atoms with Crippen LogP contribution in [-0.4, -0.2) is 27.8 Å². The number of aliphatic hydroxyl groups excluding tert-OH is 1. The number of aromatic carboxylic acids is 1. The van der Waals surface area contributed by atoms with Crippen LogP contribution in [0.3, 0.4) is 0 Å². The number of carboxylic acids is 1. The summed E-state index contributed by atoms with van der Waals surface area (Å²) in [6, 6.07) is 9.37. The van der Waals surface area contributed by atoms with Crippen LogP contribution >= 0.6 is 0 Å². The van der Waals surface area contributed by atoms with Gasteiger partial charge in [0.15, 0.2) is 0 Å². The number of rotatable bonds is 5. The normalized spacial score (nSPS) is 18.5. The lowest BCUT2D eigenvalue weighted by Gasteiger charge is -2.11. The predicted molar refractivity (Wildman–Crippen MR) is 93.7 cm³/mol. The maximum absolute atomic E-state index is 12.9. The lowest BCUT2D eigenvalue weighted by molar-refractivity contribution is -0.114. The first-order valence-corrected chi connectivity index (χ1v) is 8.25. The van der Waals surface area contributed by atoms with Gasteiger partial charge >= 0.3 is 5.97 Å². The molecule has 1 aliphatic heterocycles. The van der Waals surface area contributed by atoms with E-state index in [0.717, 1.165) is 18.6 Å². The van der Waals surface area contributed by atoms with Crippen LogP contribution in [0.15, 0.2) is 51.5 Å². The lowest BCUT2D eigenvalue weighted by atomic mass is 10.1. The van der Waals surface area contributed by atoms with Crippen LogP contribution in [0, 0.1) is 5.92 Å².